The zero-order chi connectivity index (χ0) is 20.8. The van der Waals surface area contributed by atoms with E-state index in [1.165, 1.54) is 0 Å². The van der Waals surface area contributed by atoms with Gasteiger partial charge in [0.05, 0.1) is 14.2 Å². The van der Waals surface area contributed by atoms with Crippen molar-refractivity contribution in [3.63, 3.8) is 0 Å². The first kappa shape index (κ1) is 20.7. The number of likely N-dealkylation sites (tertiary alicyclic amines) is 1. The summed E-state index contributed by atoms with van der Waals surface area (Å²) >= 11 is 0. The van der Waals surface area contributed by atoms with Crippen molar-refractivity contribution >= 4 is 12.0 Å². The van der Waals surface area contributed by atoms with Gasteiger partial charge in [-0.2, -0.15) is 0 Å². The number of hydrogen-bond donors (Lipinski definition) is 1. The molecule has 0 saturated carbocycles. The number of benzene rings is 2. The number of rotatable bonds is 7. The molecule has 1 fully saturated rings. The minimum Gasteiger partial charge on any atom is -0.497 e. The number of carboxylic acid groups (broad SMARTS) is 1. The van der Waals surface area contributed by atoms with E-state index in [4.69, 9.17) is 9.47 Å². The van der Waals surface area contributed by atoms with Gasteiger partial charge in [-0.3, -0.25) is 9.69 Å². The van der Waals surface area contributed by atoms with Crippen LogP contribution < -0.4 is 9.47 Å². The van der Waals surface area contributed by atoms with Gasteiger partial charge in [-0.25, -0.2) is 9.69 Å². The highest BCUT2D eigenvalue weighted by atomic mass is 16.5. The largest absolute Gasteiger partial charge is 0.497 e. The van der Waals surface area contributed by atoms with Gasteiger partial charge in [0.1, 0.15) is 11.5 Å². The van der Waals surface area contributed by atoms with Crippen molar-refractivity contribution in [1.82, 2.24) is 9.80 Å². The predicted octanol–water partition coefficient (Wildman–Crippen LogP) is 3.38. The molecule has 1 aliphatic heterocycles. The third-order valence-electron chi connectivity index (χ3n) is 5.23. The van der Waals surface area contributed by atoms with E-state index in [0.717, 1.165) is 27.5 Å². The fourth-order valence-corrected chi connectivity index (χ4v) is 3.58. The summed E-state index contributed by atoms with van der Waals surface area (Å²) in [6, 6.07) is 15.7. The Morgan fingerprint density at radius 1 is 1.00 bits per heavy atom. The maximum Gasteiger partial charge on any atom is 0.414 e. The van der Waals surface area contributed by atoms with E-state index in [-0.39, 0.29) is 24.9 Å². The van der Waals surface area contributed by atoms with Crippen LogP contribution in [-0.4, -0.2) is 53.7 Å². The number of ether oxygens (including phenoxy) is 2. The van der Waals surface area contributed by atoms with Gasteiger partial charge in [-0.1, -0.05) is 24.3 Å². The summed E-state index contributed by atoms with van der Waals surface area (Å²) in [6.45, 7) is 1.53. The van der Waals surface area contributed by atoms with E-state index < -0.39 is 6.09 Å². The highest BCUT2D eigenvalue weighted by molar-refractivity contribution is 5.92. The van der Waals surface area contributed by atoms with Gasteiger partial charge < -0.3 is 14.6 Å². The van der Waals surface area contributed by atoms with Gasteiger partial charge in [-0.15, -0.1) is 0 Å². The Balaban J connectivity index is 1.78. The van der Waals surface area contributed by atoms with Crippen LogP contribution in [-0.2, 0) is 17.9 Å². The van der Waals surface area contributed by atoms with Gasteiger partial charge in [0.2, 0.25) is 5.91 Å². The number of carbonyl (C=O) groups excluding carboxylic acids is 1. The summed E-state index contributed by atoms with van der Waals surface area (Å²) < 4.78 is 10.4. The van der Waals surface area contributed by atoms with E-state index in [0.29, 0.717) is 19.5 Å². The molecule has 1 aliphatic rings. The fourth-order valence-electron chi connectivity index (χ4n) is 3.58. The third-order valence-corrected chi connectivity index (χ3v) is 5.23. The lowest BCUT2D eigenvalue weighted by molar-refractivity contribution is -0.133. The minimum atomic E-state index is -1.18. The van der Waals surface area contributed by atoms with Crippen LogP contribution in [0.15, 0.2) is 48.5 Å². The predicted molar refractivity (Wildman–Crippen MR) is 108 cm³/mol. The molecule has 7 nitrogen and oxygen atoms in total. The summed E-state index contributed by atoms with van der Waals surface area (Å²) in [6.07, 6.45) is -0.367. The first-order chi connectivity index (χ1) is 14.0. The van der Waals surface area contributed by atoms with Crippen molar-refractivity contribution in [1.29, 1.82) is 0 Å². The number of hydrogen-bond acceptors (Lipinski definition) is 5. The number of imide groups is 1. The second-order valence-corrected chi connectivity index (χ2v) is 7.08. The molecule has 0 spiro atoms. The SMILES string of the molecule is COc1ccc(CN(Cc2ccc(OC)cc2)[C@H]2CCN(C(=O)O)C(=O)C2)cc1. The monoisotopic (exact) mass is 398 g/mol. The Bertz CT molecular complexity index is 786. The molecular weight excluding hydrogens is 372 g/mol. The molecule has 0 unspecified atom stereocenters. The lowest BCUT2D eigenvalue weighted by Crippen LogP contribution is -2.49. The van der Waals surface area contributed by atoms with Crippen LogP contribution in [0, 0.1) is 0 Å². The molecule has 1 N–H and O–H groups in total. The van der Waals surface area contributed by atoms with E-state index in [2.05, 4.69) is 4.90 Å². The third kappa shape index (κ3) is 5.26. The van der Waals surface area contributed by atoms with Crippen LogP contribution in [0.5, 0.6) is 11.5 Å². The highest BCUT2D eigenvalue weighted by Gasteiger charge is 2.33. The highest BCUT2D eigenvalue weighted by Crippen LogP contribution is 2.24. The first-order valence-electron chi connectivity index (χ1n) is 9.53. The van der Waals surface area contributed by atoms with Crippen molar-refractivity contribution in [3.8, 4) is 11.5 Å². The van der Waals surface area contributed by atoms with Crippen LogP contribution in [0.25, 0.3) is 0 Å². The smallest absolute Gasteiger partial charge is 0.414 e. The van der Waals surface area contributed by atoms with Gasteiger partial charge in [-0.05, 0) is 41.8 Å². The Hall–Kier alpha value is -3.06. The number of amides is 2. The van der Waals surface area contributed by atoms with E-state index in [1.807, 2.05) is 48.5 Å². The summed E-state index contributed by atoms with van der Waals surface area (Å²) in [5.74, 6) is 1.24. The molecule has 29 heavy (non-hydrogen) atoms. The molecule has 0 radical (unpaired) electrons. The van der Waals surface area contributed by atoms with Crippen molar-refractivity contribution in [2.45, 2.75) is 32.0 Å². The average Bonchev–Trinajstić information content (AvgIpc) is 2.74. The maximum atomic E-state index is 12.3. The van der Waals surface area contributed by atoms with Crippen LogP contribution in [0.1, 0.15) is 24.0 Å². The quantitative estimate of drug-likeness (QED) is 0.770. The van der Waals surface area contributed by atoms with Gasteiger partial charge >= 0.3 is 6.09 Å². The number of piperidine rings is 1. The van der Waals surface area contributed by atoms with Gasteiger partial charge in [0.25, 0.3) is 0 Å². The van der Waals surface area contributed by atoms with Crippen molar-refractivity contribution < 1.29 is 24.2 Å². The van der Waals surface area contributed by atoms with E-state index in [1.54, 1.807) is 14.2 Å². The standard InChI is InChI=1S/C22H26N2O5/c1-28-19-7-3-16(4-8-19)14-23(15-17-5-9-20(29-2)10-6-17)18-11-12-24(22(26)27)21(25)13-18/h3-10,18H,11-15H2,1-2H3,(H,26,27)/t18-/m0/s1. The molecule has 0 aromatic heterocycles. The molecule has 2 aromatic carbocycles. The normalized spacial score (nSPS) is 16.7. The van der Waals surface area contributed by atoms with Crippen LogP contribution in [0.3, 0.4) is 0 Å². The lowest BCUT2D eigenvalue weighted by atomic mass is 10.0. The second kappa shape index (κ2) is 9.43. The number of methoxy groups -OCH3 is 2. The Morgan fingerprint density at radius 3 is 1.86 bits per heavy atom. The van der Waals surface area contributed by atoms with Crippen LogP contribution in [0.4, 0.5) is 4.79 Å². The summed E-state index contributed by atoms with van der Waals surface area (Å²) in [5.41, 5.74) is 2.21. The molecule has 0 bridgehead atoms. The molecule has 1 saturated heterocycles. The lowest BCUT2D eigenvalue weighted by Gasteiger charge is -2.36. The Labute approximate surface area is 170 Å². The minimum absolute atomic E-state index is 0.0256. The van der Waals surface area contributed by atoms with Gasteiger partial charge in [0, 0.05) is 32.1 Å². The van der Waals surface area contributed by atoms with E-state index >= 15 is 0 Å². The zero-order valence-electron chi connectivity index (χ0n) is 16.7. The topological polar surface area (TPSA) is 79.3 Å². The molecule has 1 atom stereocenters. The second-order valence-electron chi connectivity index (χ2n) is 7.08. The van der Waals surface area contributed by atoms with E-state index in [9.17, 15) is 14.7 Å². The Morgan fingerprint density at radius 2 is 1.48 bits per heavy atom. The first-order valence-corrected chi connectivity index (χ1v) is 9.53. The van der Waals surface area contributed by atoms with Crippen LogP contribution in [0.2, 0.25) is 0 Å². The summed E-state index contributed by atoms with van der Waals surface area (Å²) in [4.78, 5) is 26.7. The zero-order valence-corrected chi connectivity index (χ0v) is 16.7. The van der Waals surface area contributed by atoms with Crippen LogP contribution >= 0.6 is 0 Å². The fraction of sp³-hybridized carbons (Fsp3) is 0.364. The summed E-state index contributed by atoms with van der Waals surface area (Å²) in [5, 5.41) is 9.17. The molecule has 2 aromatic rings. The molecule has 3 rings (SSSR count). The molecule has 0 aliphatic carbocycles. The molecule has 7 heteroatoms. The average molecular weight is 398 g/mol. The van der Waals surface area contributed by atoms with Crippen molar-refractivity contribution in [2.75, 3.05) is 20.8 Å². The van der Waals surface area contributed by atoms with Crippen molar-refractivity contribution in [2.24, 2.45) is 0 Å². The maximum absolute atomic E-state index is 12.3. The van der Waals surface area contributed by atoms with Crippen molar-refractivity contribution in [3.05, 3.63) is 59.7 Å². The summed E-state index contributed by atoms with van der Waals surface area (Å²) in [7, 11) is 3.26. The number of nitrogens with zero attached hydrogens (tertiary/aromatic N) is 2. The molecule has 154 valence electrons. The molecular formula is C22H26N2O5. The molecule has 2 amide bonds. The molecule has 1 heterocycles. The number of carbonyl (C=O) groups is 2. The Kier molecular flexibility index (Phi) is 6.72. The van der Waals surface area contributed by atoms with Gasteiger partial charge in [0.15, 0.2) is 0 Å².